The Kier molecular flexibility index (Phi) is 3.08. The lowest BCUT2D eigenvalue weighted by molar-refractivity contribution is 0.217. The van der Waals surface area contributed by atoms with Gasteiger partial charge in [-0.15, -0.1) is 0 Å². The highest BCUT2D eigenvalue weighted by Gasteiger charge is 2.25. The van der Waals surface area contributed by atoms with Crippen LogP contribution >= 0.6 is 0 Å². The summed E-state index contributed by atoms with van der Waals surface area (Å²) < 4.78 is 0. The second kappa shape index (κ2) is 4.73. The zero-order chi connectivity index (χ0) is 12.5. The van der Waals surface area contributed by atoms with Gasteiger partial charge in [0.25, 0.3) is 0 Å². The number of aromatic amines is 1. The predicted octanol–water partition coefficient (Wildman–Crippen LogP) is 3.15. The summed E-state index contributed by atoms with van der Waals surface area (Å²) in [6.07, 6.45) is 9.23. The van der Waals surface area contributed by atoms with E-state index in [-0.39, 0.29) is 0 Å². The first-order chi connectivity index (χ1) is 8.75. The molecule has 2 heterocycles. The number of H-pyrrole nitrogens is 1. The Morgan fingerprint density at radius 1 is 1.22 bits per heavy atom. The summed E-state index contributed by atoms with van der Waals surface area (Å²) in [6, 6.07) is 4.99. The van der Waals surface area contributed by atoms with E-state index in [1.165, 1.54) is 36.6 Å². The molecule has 0 radical (unpaired) electrons. The average Bonchev–Trinajstić information content (AvgIpc) is 2.82. The Labute approximate surface area is 108 Å². The lowest BCUT2D eigenvalue weighted by Crippen LogP contribution is -2.31. The largest absolute Gasteiger partial charge is 0.346 e. The first-order valence-electron chi connectivity index (χ1n) is 6.84. The molecule has 3 rings (SSSR count). The molecule has 0 bridgehead atoms. The number of fused-ring (bicyclic) bond motifs is 1. The minimum Gasteiger partial charge on any atom is -0.346 e. The molecule has 0 amide bonds. The van der Waals surface area contributed by atoms with Gasteiger partial charge in [0.2, 0.25) is 0 Å². The molecule has 2 aromatic rings. The molecule has 0 saturated heterocycles. The van der Waals surface area contributed by atoms with Crippen molar-refractivity contribution in [1.82, 2.24) is 14.9 Å². The highest BCUT2D eigenvalue weighted by Crippen LogP contribution is 2.36. The van der Waals surface area contributed by atoms with Crippen LogP contribution < -0.4 is 0 Å². The van der Waals surface area contributed by atoms with Gasteiger partial charge in [-0.3, -0.25) is 0 Å². The van der Waals surface area contributed by atoms with Crippen molar-refractivity contribution >= 4 is 11.0 Å². The van der Waals surface area contributed by atoms with Gasteiger partial charge < -0.3 is 9.88 Å². The summed E-state index contributed by atoms with van der Waals surface area (Å²) in [6.45, 7) is 0. The normalized spacial score (nSPS) is 24.8. The maximum Gasteiger partial charge on any atom is 0.137 e. The first kappa shape index (κ1) is 11.7. The molecule has 3 nitrogen and oxygen atoms in total. The molecule has 0 aromatic carbocycles. The molecule has 1 saturated carbocycles. The molecule has 18 heavy (non-hydrogen) atoms. The van der Waals surface area contributed by atoms with Crippen LogP contribution in [-0.2, 0) is 0 Å². The molecule has 0 aliphatic heterocycles. The number of hydrogen-bond donors (Lipinski definition) is 1. The van der Waals surface area contributed by atoms with Crippen LogP contribution in [0, 0.1) is 0 Å². The zero-order valence-electron chi connectivity index (χ0n) is 11.2. The average molecular weight is 243 g/mol. The fourth-order valence-electron chi connectivity index (χ4n) is 3.22. The predicted molar refractivity (Wildman–Crippen MR) is 74.8 cm³/mol. The van der Waals surface area contributed by atoms with Gasteiger partial charge in [-0.1, -0.05) is 0 Å². The molecule has 1 N–H and O–H groups in total. The molecule has 3 heteroatoms. The van der Waals surface area contributed by atoms with Gasteiger partial charge in [-0.25, -0.2) is 4.98 Å². The van der Waals surface area contributed by atoms with Gasteiger partial charge in [0.15, 0.2) is 0 Å². The summed E-state index contributed by atoms with van der Waals surface area (Å²) in [4.78, 5) is 10.0. The third-order valence-corrected chi connectivity index (χ3v) is 4.35. The van der Waals surface area contributed by atoms with Crippen molar-refractivity contribution in [2.24, 2.45) is 0 Å². The van der Waals surface area contributed by atoms with Gasteiger partial charge in [0.05, 0.1) is 0 Å². The van der Waals surface area contributed by atoms with E-state index in [1.807, 2.05) is 12.3 Å². The summed E-state index contributed by atoms with van der Waals surface area (Å²) in [5, 5.41) is 1.31. The van der Waals surface area contributed by atoms with Crippen LogP contribution in [0.15, 0.2) is 24.5 Å². The molecule has 1 aliphatic carbocycles. The molecular weight excluding hydrogens is 222 g/mol. The SMILES string of the molecule is CN(C)C1CCC(c2c[nH]c3ncccc23)CC1. The van der Waals surface area contributed by atoms with E-state index < -0.39 is 0 Å². The lowest BCUT2D eigenvalue weighted by atomic mass is 9.81. The summed E-state index contributed by atoms with van der Waals surface area (Å²) in [5.41, 5.74) is 2.50. The Balaban J connectivity index is 1.80. The maximum absolute atomic E-state index is 4.38. The Morgan fingerprint density at radius 3 is 2.72 bits per heavy atom. The lowest BCUT2D eigenvalue weighted by Gasteiger charge is -2.32. The second-order valence-corrected chi connectivity index (χ2v) is 5.61. The van der Waals surface area contributed by atoms with Crippen LogP contribution in [0.3, 0.4) is 0 Å². The van der Waals surface area contributed by atoms with Crippen molar-refractivity contribution in [3.05, 3.63) is 30.1 Å². The molecule has 96 valence electrons. The number of hydrogen-bond acceptors (Lipinski definition) is 2. The highest BCUT2D eigenvalue weighted by molar-refractivity contribution is 5.80. The topological polar surface area (TPSA) is 31.9 Å². The van der Waals surface area contributed by atoms with E-state index in [0.717, 1.165) is 11.7 Å². The third kappa shape index (κ3) is 2.03. The van der Waals surface area contributed by atoms with Gasteiger partial charge >= 0.3 is 0 Å². The molecule has 2 aromatic heterocycles. The quantitative estimate of drug-likeness (QED) is 0.878. The van der Waals surface area contributed by atoms with Crippen LogP contribution in [0.2, 0.25) is 0 Å². The van der Waals surface area contributed by atoms with Crippen molar-refractivity contribution in [1.29, 1.82) is 0 Å². The van der Waals surface area contributed by atoms with Crippen molar-refractivity contribution < 1.29 is 0 Å². The monoisotopic (exact) mass is 243 g/mol. The van der Waals surface area contributed by atoms with E-state index in [1.54, 1.807) is 0 Å². The van der Waals surface area contributed by atoms with Gasteiger partial charge in [-0.2, -0.15) is 0 Å². The second-order valence-electron chi connectivity index (χ2n) is 5.61. The highest BCUT2D eigenvalue weighted by atomic mass is 15.1. The molecule has 0 atom stereocenters. The van der Waals surface area contributed by atoms with Gasteiger partial charge in [0.1, 0.15) is 5.65 Å². The standard InChI is InChI=1S/C15H21N3/c1-18(2)12-7-5-11(6-8-12)14-10-17-15-13(14)4-3-9-16-15/h3-4,9-12H,5-8H2,1-2H3,(H,16,17). The number of rotatable bonds is 2. The Hall–Kier alpha value is -1.35. The molecular formula is C15H21N3. The number of aromatic nitrogens is 2. The van der Waals surface area contributed by atoms with Gasteiger partial charge in [0, 0.05) is 23.8 Å². The Bertz CT molecular complexity index is 521. The maximum atomic E-state index is 4.38. The minimum absolute atomic E-state index is 0.708. The zero-order valence-corrected chi connectivity index (χ0v) is 11.2. The van der Waals surface area contributed by atoms with Crippen LogP contribution in [-0.4, -0.2) is 35.0 Å². The van der Waals surface area contributed by atoms with E-state index in [9.17, 15) is 0 Å². The first-order valence-corrected chi connectivity index (χ1v) is 6.84. The van der Waals surface area contributed by atoms with Crippen molar-refractivity contribution in [2.45, 2.75) is 37.6 Å². The van der Waals surface area contributed by atoms with E-state index in [0.29, 0.717) is 5.92 Å². The smallest absolute Gasteiger partial charge is 0.137 e. The van der Waals surface area contributed by atoms with Crippen LogP contribution in [0.1, 0.15) is 37.2 Å². The van der Waals surface area contributed by atoms with Crippen molar-refractivity contribution in [3.63, 3.8) is 0 Å². The third-order valence-electron chi connectivity index (χ3n) is 4.35. The number of nitrogens with zero attached hydrogens (tertiary/aromatic N) is 2. The van der Waals surface area contributed by atoms with Gasteiger partial charge in [-0.05, 0) is 63.4 Å². The minimum atomic E-state index is 0.708. The van der Waals surface area contributed by atoms with Crippen LogP contribution in [0.4, 0.5) is 0 Å². The van der Waals surface area contributed by atoms with E-state index in [4.69, 9.17) is 0 Å². The van der Waals surface area contributed by atoms with E-state index >= 15 is 0 Å². The fourth-order valence-corrected chi connectivity index (χ4v) is 3.22. The Morgan fingerprint density at radius 2 is 2.00 bits per heavy atom. The summed E-state index contributed by atoms with van der Waals surface area (Å²) in [7, 11) is 4.39. The van der Waals surface area contributed by atoms with Crippen molar-refractivity contribution in [3.8, 4) is 0 Å². The molecule has 1 aliphatic rings. The number of nitrogens with one attached hydrogen (secondary N) is 1. The van der Waals surface area contributed by atoms with Crippen LogP contribution in [0.5, 0.6) is 0 Å². The summed E-state index contributed by atoms with van der Waals surface area (Å²) >= 11 is 0. The molecule has 0 unspecified atom stereocenters. The van der Waals surface area contributed by atoms with Crippen LogP contribution in [0.25, 0.3) is 11.0 Å². The van der Waals surface area contributed by atoms with Crippen molar-refractivity contribution in [2.75, 3.05) is 14.1 Å². The molecule has 0 spiro atoms. The fraction of sp³-hybridized carbons (Fsp3) is 0.533. The molecule has 1 fully saturated rings. The summed E-state index contributed by atoms with van der Waals surface area (Å²) in [5.74, 6) is 0.708. The van der Waals surface area contributed by atoms with E-state index in [2.05, 4.69) is 41.2 Å². The number of pyridine rings is 1.